The van der Waals surface area contributed by atoms with Crippen LogP contribution in [0, 0.1) is 6.92 Å². The van der Waals surface area contributed by atoms with Crippen molar-refractivity contribution in [3.63, 3.8) is 0 Å². The van der Waals surface area contributed by atoms with Crippen LogP contribution in [0.3, 0.4) is 0 Å². The molecule has 7 nitrogen and oxygen atoms in total. The number of rotatable bonds is 7. The van der Waals surface area contributed by atoms with Crippen molar-refractivity contribution in [1.29, 1.82) is 0 Å². The maximum Gasteiger partial charge on any atom is 0.227 e. The number of Topliss-reactive ketones (excluding diaryl/α,β-unsaturated/α-hetero) is 1. The van der Waals surface area contributed by atoms with E-state index < -0.39 is 0 Å². The van der Waals surface area contributed by atoms with Crippen molar-refractivity contribution in [2.24, 2.45) is 0 Å². The molecule has 4 rings (SSSR count). The number of ketones is 1. The SMILES string of the molecule is CC(=O)c1ccc(OCC2CN(C(=O)CCC(=O)N3CCc4ccccc43)CCO2)cc1C. The molecule has 0 saturated carbocycles. The summed E-state index contributed by atoms with van der Waals surface area (Å²) in [4.78, 5) is 40.6. The first-order chi connectivity index (χ1) is 15.9. The fourth-order valence-corrected chi connectivity index (χ4v) is 4.46. The van der Waals surface area contributed by atoms with Gasteiger partial charge in [0.1, 0.15) is 18.5 Å². The zero-order valence-electron chi connectivity index (χ0n) is 19.2. The van der Waals surface area contributed by atoms with Crippen molar-refractivity contribution in [2.45, 2.75) is 39.2 Å². The van der Waals surface area contributed by atoms with Gasteiger partial charge in [-0.25, -0.2) is 0 Å². The monoisotopic (exact) mass is 450 g/mol. The molecule has 2 aromatic rings. The van der Waals surface area contributed by atoms with Crippen LogP contribution in [-0.2, 0) is 20.7 Å². The summed E-state index contributed by atoms with van der Waals surface area (Å²) in [5.41, 5.74) is 3.69. The van der Waals surface area contributed by atoms with E-state index >= 15 is 0 Å². The lowest BCUT2D eigenvalue weighted by Gasteiger charge is -2.33. The van der Waals surface area contributed by atoms with Gasteiger partial charge >= 0.3 is 0 Å². The van der Waals surface area contributed by atoms with Gasteiger partial charge in [-0.05, 0) is 55.7 Å². The summed E-state index contributed by atoms with van der Waals surface area (Å²) in [6.07, 6.45) is 1.01. The first-order valence-corrected chi connectivity index (χ1v) is 11.4. The van der Waals surface area contributed by atoms with Crippen LogP contribution in [0.2, 0.25) is 0 Å². The Morgan fingerprint density at radius 1 is 1.06 bits per heavy atom. The molecule has 33 heavy (non-hydrogen) atoms. The highest BCUT2D eigenvalue weighted by molar-refractivity contribution is 5.97. The Kier molecular flexibility index (Phi) is 7.08. The maximum atomic E-state index is 12.8. The van der Waals surface area contributed by atoms with Crippen LogP contribution in [0.15, 0.2) is 42.5 Å². The molecule has 0 spiro atoms. The molecule has 1 fully saturated rings. The average Bonchev–Trinajstić information content (AvgIpc) is 3.25. The maximum absolute atomic E-state index is 12.8. The van der Waals surface area contributed by atoms with E-state index in [1.54, 1.807) is 28.9 Å². The summed E-state index contributed by atoms with van der Waals surface area (Å²) in [5, 5.41) is 0. The Balaban J connectivity index is 1.25. The summed E-state index contributed by atoms with van der Waals surface area (Å²) < 4.78 is 11.6. The molecule has 1 atom stereocenters. The standard InChI is InChI=1S/C26H30N2O5/c1-18-15-21(7-8-23(18)19(2)29)33-17-22-16-27(13-14-32-22)25(30)9-10-26(31)28-12-11-20-5-3-4-6-24(20)28/h3-8,15,22H,9-14,16-17H2,1-2H3. The third-order valence-corrected chi connectivity index (χ3v) is 6.25. The first kappa shape index (κ1) is 23.0. The topological polar surface area (TPSA) is 76.2 Å². The third kappa shape index (κ3) is 5.42. The first-order valence-electron chi connectivity index (χ1n) is 11.4. The molecule has 1 saturated heterocycles. The van der Waals surface area contributed by atoms with Gasteiger partial charge in [0.15, 0.2) is 5.78 Å². The smallest absolute Gasteiger partial charge is 0.227 e. The van der Waals surface area contributed by atoms with Crippen LogP contribution in [0.4, 0.5) is 5.69 Å². The second-order valence-corrected chi connectivity index (χ2v) is 8.60. The lowest BCUT2D eigenvalue weighted by atomic mass is 10.1. The molecule has 1 unspecified atom stereocenters. The number of amides is 2. The number of hydrogen-bond donors (Lipinski definition) is 0. The lowest BCUT2D eigenvalue weighted by molar-refractivity contribution is -0.141. The summed E-state index contributed by atoms with van der Waals surface area (Å²) in [7, 11) is 0. The molecule has 0 bridgehead atoms. The molecule has 0 N–H and O–H groups in total. The van der Waals surface area contributed by atoms with Crippen molar-refractivity contribution in [2.75, 3.05) is 37.7 Å². The van der Waals surface area contributed by atoms with Gasteiger partial charge in [0.25, 0.3) is 0 Å². The Labute approximate surface area is 194 Å². The fraction of sp³-hybridized carbons (Fsp3) is 0.423. The van der Waals surface area contributed by atoms with E-state index in [2.05, 4.69) is 0 Å². The predicted molar refractivity (Wildman–Crippen MR) is 125 cm³/mol. The number of carbonyl (C=O) groups is 3. The van der Waals surface area contributed by atoms with E-state index in [0.717, 1.165) is 17.7 Å². The molecule has 2 amide bonds. The molecule has 2 aliphatic rings. The number of para-hydroxylation sites is 1. The largest absolute Gasteiger partial charge is 0.491 e. The number of nitrogens with zero attached hydrogens (tertiary/aromatic N) is 2. The van der Waals surface area contributed by atoms with E-state index in [-0.39, 0.29) is 36.5 Å². The number of hydrogen-bond acceptors (Lipinski definition) is 5. The minimum Gasteiger partial charge on any atom is -0.491 e. The Morgan fingerprint density at radius 2 is 1.85 bits per heavy atom. The van der Waals surface area contributed by atoms with Crippen LogP contribution in [0.5, 0.6) is 5.75 Å². The molecule has 2 heterocycles. The Morgan fingerprint density at radius 3 is 2.64 bits per heavy atom. The molecule has 174 valence electrons. The average molecular weight is 451 g/mol. The number of benzene rings is 2. The zero-order valence-corrected chi connectivity index (χ0v) is 19.2. The number of fused-ring (bicyclic) bond motifs is 1. The van der Waals surface area contributed by atoms with E-state index in [4.69, 9.17) is 9.47 Å². The van der Waals surface area contributed by atoms with Gasteiger partial charge in [-0.3, -0.25) is 14.4 Å². The molecular weight excluding hydrogens is 420 g/mol. The van der Waals surface area contributed by atoms with Crippen molar-refractivity contribution in [1.82, 2.24) is 4.90 Å². The van der Waals surface area contributed by atoms with Crippen LogP contribution in [-0.4, -0.2) is 61.4 Å². The fourth-order valence-electron chi connectivity index (χ4n) is 4.46. The second kappa shape index (κ2) is 10.2. The second-order valence-electron chi connectivity index (χ2n) is 8.60. The summed E-state index contributed by atoms with van der Waals surface area (Å²) in [6, 6.07) is 13.3. The number of ether oxygens (including phenoxy) is 2. The van der Waals surface area contributed by atoms with E-state index in [1.165, 1.54) is 5.56 Å². The lowest BCUT2D eigenvalue weighted by Crippen LogP contribution is -2.47. The van der Waals surface area contributed by atoms with Crippen molar-refractivity contribution in [3.8, 4) is 5.75 Å². The van der Waals surface area contributed by atoms with Gasteiger partial charge in [-0.15, -0.1) is 0 Å². The summed E-state index contributed by atoms with van der Waals surface area (Å²) >= 11 is 0. The highest BCUT2D eigenvalue weighted by atomic mass is 16.5. The third-order valence-electron chi connectivity index (χ3n) is 6.25. The number of morpholine rings is 1. The number of anilines is 1. The van der Waals surface area contributed by atoms with Gasteiger partial charge < -0.3 is 19.3 Å². The van der Waals surface area contributed by atoms with Crippen LogP contribution >= 0.6 is 0 Å². The quantitative estimate of drug-likeness (QED) is 0.606. The molecular formula is C26H30N2O5. The minimum absolute atomic E-state index is 0.00850. The zero-order chi connectivity index (χ0) is 23.4. The number of aryl methyl sites for hydroxylation is 1. The molecule has 2 aliphatic heterocycles. The predicted octanol–water partition coefficient (Wildman–Crippen LogP) is 3.17. The molecule has 0 aromatic heterocycles. The Hall–Kier alpha value is -3.19. The highest BCUT2D eigenvalue weighted by Gasteiger charge is 2.27. The highest BCUT2D eigenvalue weighted by Crippen LogP contribution is 2.28. The van der Waals surface area contributed by atoms with Gasteiger partial charge in [0.05, 0.1) is 13.2 Å². The molecule has 2 aromatic carbocycles. The van der Waals surface area contributed by atoms with E-state index in [9.17, 15) is 14.4 Å². The van der Waals surface area contributed by atoms with Crippen molar-refractivity contribution >= 4 is 23.3 Å². The van der Waals surface area contributed by atoms with Gasteiger partial charge in [-0.2, -0.15) is 0 Å². The van der Waals surface area contributed by atoms with E-state index in [1.807, 2.05) is 37.3 Å². The van der Waals surface area contributed by atoms with Crippen molar-refractivity contribution < 1.29 is 23.9 Å². The Bertz CT molecular complexity index is 1050. The summed E-state index contributed by atoms with van der Waals surface area (Å²) in [6.45, 7) is 5.80. The minimum atomic E-state index is -0.239. The molecule has 7 heteroatoms. The van der Waals surface area contributed by atoms with Gasteiger partial charge in [0.2, 0.25) is 11.8 Å². The normalized spacial score (nSPS) is 17.6. The molecule has 0 aliphatic carbocycles. The van der Waals surface area contributed by atoms with Crippen molar-refractivity contribution in [3.05, 3.63) is 59.2 Å². The van der Waals surface area contributed by atoms with Gasteiger partial charge in [-0.1, -0.05) is 18.2 Å². The van der Waals surface area contributed by atoms with Crippen LogP contribution in [0.1, 0.15) is 41.3 Å². The molecule has 0 radical (unpaired) electrons. The van der Waals surface area contributed by atoms with E-state index in [0.29, 0.717) is 44.2 Å². The number of carbonyl (C=O) groups excluding carboxylic acids is 3. The van der Waals surface area contributed by atoms with Crippen LogP contribution < -0.4 is 9.64 Å². The summed E-state index contributed by atoms with van der Waals surface area (Å²) in [5.74, 6) is 0.647. The van der Waals surface area contributed by atoms with Crippen LogP contribution in [0.25, 0.3) is 0 Å². The van der Waals surface area contributed by atoms with Gasteiger partial charge in [0, 0.05) is 37.2 Å².